The largest absolute Gasteiger partial charge is 0.481 e. The number of anilines is 1. The van der Waals surface area contributed by atoms with Gasteiger partial charge in [-0.2, -0.15) is 0 Å². The Hall–Kier alpha value is -2.10. The molecule has 1 saturated carbocycles. The summed E-state index contributed by atoms with van der Waals surface area (Å²) < 4.78 is 18.8. The summed E-state index contributed by atoms with van der Waals surface area (Å²) in [5.74, 6) is 1.84. The molecule has 1 fully saturated rings. The molecule has 2 atom stereocenters. The van der Waals surface area contributed by atoms with Gasteiger partial charge in [-0.15, -0.1) is 0 Å². The summed E-state index contributed by atoms with van der Waals surface area (Å²) in [6, 6.07) is 0. The molecule has 2 bridgehead atoms. The first-order valence-corrected chi connectivity index (χ1v) is 7.83. The molecule has 22 heavy (non-hydrogen) atoms. The zero-order chi connectivity index (χ0) is 15.1. The predicted octanol–water partition coefficient (Wildman–Crippen LogP) is 4.56. The van der Waals surface area contributed by atoms with E-state index in [-0.39, 0.29) is 5.83 Å². The van der Waals surface area contributed by atoms with Gasteiger partial charge in [0.05, 0.1) is 19.0 Å². The predicted molar refractivity (Wildman–Crippen MR) is 84.8 cm³/mol. The minimum Gasteiger partial charge on any atom is -0.481 e. The molecule has 0 aliphatic heterocycles. The lowest BCUT2D eigenvalue weighted by Crippen LogP contribution is -2.08. The Morgan fingerprint density at radius 3 is 2.91 bits per heavy atom. The van der Waals surface area contributed by atoms with E-state index in [2.05, 4.69) is 10.3 Å². The van der Waals surface area contributed by atoms with Crippen LogP contribution in [-0.4, -0.2) is 12.1 Å². The van der Waals surface area contributed by atoms with Crippen LogP contribution in [0.2, 0.25) is 0 Å². The lowest BCUT2D eigenvalue weighted by atomic mass is 9.91. The highest BCUT2D eigenvalue weighted by Gasteiger charge is 2.41. The monoisotopic (exact) mass is 298 g/mol. The maximum Gasteiger partial charge on any atom is 0.216 e. The lowest BCUT2D eigenvalue weighted by molar-refractivity contribution is 0.388. The Labute approximate surface area is 129 Å². The van der Waals surface area contributed by atoms with Crippen LogP contribution in [0.15, 0.2) is 42.0 Å². The maximum atomic E-state index is 13.3. The summed E-state index contributed by atoms with van der Waals surface area (Å²) in [5, 5.41) is 3.43. The van der Waals surface area contributed by atoms with Gasteiger partial charge in [0, 0.05) is 17.7 Å². The number of methoxy groups -OCH3 is 1. The van der Waals surface area contributed by atoms with E-state index in [0.29, 0.717) is 18.3 Å². The van der Waals surface area contributed by atoms with Gasteiger partial charge in [0.25, 0.3) is 0 Å². The fourth-order valence-corrected chi connectivity index (χ4v) is 3.97. The Balaban J connectivity index is 1.70. The van der Waals surface area contributed by atoms with Gasteiger partial charge < -0.3 is 10.1 Å². The number of pyridine rings is 1. The summed E-state index contributed by atoms with van der Waals surface area (Å²) in [7, 11) is 1.69. The van der Waals surface area contributed by atoms with Gasteiger partial charge in [-0.05, 0) is 48.8 Å². The molecule has 0 spiro atoms. The molecule has 3 nitrogen and oxygen atoms in total. The van der Waals surface area contributed by atoms with Gasteiger partial charge in [0.15, 0.2) is 0 Å². The average Bonchev–Trinajstić information content (AvgIpc) is 3.09. The smallest absolute Gasteiger partial charge is 0.216 e. The summed E-state index contributed by atoms with van der Waals surface area (Å²) in [6.45, 7) is 0. The maximum absolute atomic E-state index is 13.3. The first-order chi connectivity index (χ1) is 10.8. The molecule has 3 aliphatic rings. The third-order valence-corrected chi connectivity index (χ3v) is 4.91. The zero-order valence-electron chi connectivity index (χ0n) is 12.6. The Morgan fingerprint density at radius 1 is 1.27 bits per heavy atom. The number of hydrogen-bond acceptors (Lipinski definition) is 3. The minimum atomic E-state index is -0.120. The van der Waals surface area contributed by atoms with E-state index in [1.807, 2.05) is 18.3 Å². The highest BCUT2D eigenvalue weighted by molar-refractivity contribution is 5.65. The molecule has 0 aromatic carbocycles. The van der Waals surface area contributed by atoms with Crippen molar-refractivity contribution < 1.29 is 9.13 Å². The van der Waals surface area contributed by atoms with Gasteiger partial charge in [-0.3, -0.25) is 0 Å². The molecule has 4 rings (SSSR count). The molecule has 1 N–H and O–H groups in total. The molecular formula is C18H19FN2O. The quantitative estimate of drug-likeness (QED) is 0.888. The summed E-state index contributed by atoms with van der Waals surface area (Å²) >= 11 is 0. The Bertz CT molecular complexity index is 705. The number of aromatic nitrogens is 1. The van der Waals surface area contributed by atoms with Crippen molar-refractivity contribution in [1.82, 2.24) is 4.98 Å². The van der Waals surface area contributed by atoms with E-state index in [0.717, 1.165) is 17.3 Å². The molecule has 0 radical (unpaired) electrons. The van der Waals surface area contributed by atoms with Gasteiger partial charge in [0.2, 0.25) is 5.88 Å². The topological polar surface area (TPSA) is 34.1 Å². The third-order valence-electron chi connectivity index (χ3n) is 4.91. The second-order valence-electron chi connectivity index (χ2n) is 6.18. The number of fused-ring (bicyclic) bond motifs is 5. The summed E-state index contributed by atoms with van der Waals surface area (Å²) in [5.41, 5.74) is 4.60. The van der Waals surface area contributed by atoms with Gasteiger partial charge in [0.1, 0.15) is 5.83 Å². The van der Waals surface area contributed by atoms with Crippen LogP contribution in [0.25, 0.3) is 0 Å². The van der Waals surface area contributed by atoms with E-state index >= 15 is 0 Å². The number of allylic oxidation sites excluding steroid dienone is 5. The third kappa shape index (κ3) is 2.14. The number of rotatable bonds is 3. The molecule has 114 valence electrons. The van der Waals surface area contributed by atoms with Crippen LogP contribution in [0.3, 0.4) is 0 Å². The van der Waals surface area contributed by atoms with Crippen molar-refractivity contribution in [2.45, 2.75) is 37.5 Å². The molecule has 1 heterocycles. The fraction of sp³-hybridized carbons (Fsp3) is 0.389. The number of nitrogens with zero attached hydrogens (tertiary/aromatic N) is 1. The minimum absolute atomic E-state index is 0.120. The molecule has 3 aliphatic carbocycles. The molecular weight excluding hydrogens is 279 g/mol. The van der Waals surface area contributed by atoms with Crippen molar-refractivity contribution >= 4 is 5.69 Å². The highest BCUT2D eigenvalue weighted by atomic mass is 19.1. The molecule has 4 heteroatoms. The first-order valence-electron chi connectivity index (χ1n) is 7.83. The van der Waals surface area contributed by atoms with E-state index in [1.54, 1.807) is 13.2 Å². The van der Waals surface area contributed by atoms with Crippen LogP contribution in [0, 0.1) is 0 Å². The number of nitrogens with one attached hydrogen (secondary N) is 1. The standard InChI is InChI=1S/C18H19FN2O/c1-22-18-17-12-6-5-11(9-12)16(17)15(10-20-18)21-14-4-2-3-13(19)7-8-14/h2-4,8,10-12,21H,5-7,9H2,1H3. The van der Waals surface area contributed by atoms with Crippen molar-refractivity contribution in [3.63, 3.8) is 0 Å². The van der Waals surface area contributed by atoms with Crippen molar-refractivity contribution in [3.8, 4) is 5.88 Å². The van der Waals surface area contributed by atoms with E-state index < -0.39 is 0 Å². The average molecular weight is 298 g/mol. The first kappa shape index (κ1) is 13.6. The van der Waals surface area contributed by atoms with Crippen LogP contribution in [0.5, 0.6) is 5.88 Å². The SMILES string of the molecule is COc1ncc(NC2=CCC(F)=CC=C2)c2c1C1CCC2C1. The fourth-order valence-electron chi connectivity index (χ4n) is 3.97. The van der Waals surface area contributed by atoms with Gasteiger partial charge in [-0.25, -0.2) is 9.37 Å². The Morgan fingerprint density at radius 2 is 2.09 bits per heavy atom. The second-order valence-corrected chi connectivity index (χ2v) is 6.18. The van der Waals surface area contributed by atoms with Crippen molar-refractivity contribution in [1.29, 1.82) is 0 Å². The zero-order valence-corrected chi connectivity index (χ0v) is 12.6. The van der Waals surface area contributed by atoms with Gasteiger partial charge >= 0.3 is 0 Å². The Kier molecular flexibility index (Phi) is 3.25. The van der Waals surface area contributed by atoms with E-state index in [4.69, 9.17) is 4.74 Å². The number of halogens is 1. The van der Waals surface area contributed by atoms with Crippen LogP contribution >= 0.6 is 0 Å². The normalized spacial score (nSPS) is 25.4. The highest BCUT2D eigenvalue weighted by Crippen LogP contribution is 2.57. The van der Waals surface area contributed by atoms with Crippen LogP contribution in [0.1, 0.15) is 48.6 Å². The number of ether oxygens (including phenoxy) is 1. The van der Waals surface area contributed by atoms with Crippen molar-refractivity contribution in [3.05, 3.63) is 53.2 Å². The molecule has 2 unspecified atom stereocenters. The molecule has 0 saturated heterocycles. The molecule has 1 aromatic heterocycles. The van der Waals surface area contributed by atoms with E-state index in [1.165, 1.54) is 36.5 Å². The molecule has 1 aromatic rings. The van der Waals surface area contributed by atoms with E-state index in [9.17, 15) is 4.39 Å². The second kappa shape index (κ2) is 5.27. The van der Waals surface area contributed by atoms with Crippen LogP contribution in [-0.2, 0) is 0 Å². The van der Waals surface area contributed by atoms with Crippen molar-refractivity contribution in [2.75, 3.05) is 12.4 Å². The summed E-state index contributed by atoms with van der Waals surface area (Å²) in [6.07, 6.45) is 12.9. The number of hydrogen-bond donors (Lipinski definition) is 1. The summed E-state index contributed by atoms with van der Waals surface area (Å²) in [4.78, 5) is 4.47. The lowest BCUT2D eigenvalue weighted by Gasteiger charge is -2.21. The molecule has 0 amide bonds. The van der Waals surface area contributed by atoms with Crippen molar-refractivity contribution in [2.24, 2.45) is 0 Å². The van der Waals surface area contributed by atoms with Crippen LogP contribution in [0.4, 0.5) is 10.1 Å². The van der Waals surface area contributed by atoms with Gasteiger partial charge in [-0.1, -0.05) is 12.2 Å². The van der Waals surface area contributed by atoms with Crippen LogP contribution < -0.4 is 10.1 Å².